The van der Waals surface area contributed by atoms with Gasteiger partial charge < -0.3 is 10.3 Å². The number of benzene rings is 2. The van der Waals surface area contributed by atoms with Gasteiger partial charge in [0.05, 0.1) is 5.56 Å². The van der Waals surface area contributed by atoms with Gasteiger partial charge in [0.1, 0.15) is 10.8 Å². The highest BCUT2D eigenvalue weighted by Gasteiger charge is 2.34. The molecule has 2 aromatic carbocycles. The average molecular weight is 361 g/mol. The van der Waals surface area contributed by atoms with E-state index >= 15 is 0 Å². The quantitative estimate of drug-likeness (QED) is 0.707. The van der Waals surface area contributed by atoms with Gasteiger partial charge in [-0.25, -0.2) is 4.98 Å². The van der Waals surface area contributed by atoms with Crippen LogP contribution in [0.3, 0.4) is 0 Å². The van der Waals surface area contributed by atoms with Crippen molar-refractivity contribution in [2.75, 3.05) is 0 Å². The third kappa shape index (κ3) is 3.56. The minimum Gasteiger partial charge on any atom is -0.389 e. The number of imidazole rings is 1. The van der Waals surface area contributed by atoms with Crippen LogP contribution in [0.25, 0.3) is 11.4 Å². The molecule has 0 atom stereocenters. The molecule has 0 spiro atoms. The molecular formula is C18H14F3N3S. The monoisotopic (exact) mass is 361 g/mol. The van der Waals surface area contributed by atoms with Crippen LogP contribution in [0.15, 0.2) is 60.9 Å². The van der Waals surface area contributed by atoms with E-state index in [-0.39, 0.29) is 16.4 Å². The lowest BCUT2D eigenvalue weighted by atomic mass is 10.1. The van der Waals surface area contributed by atoms with Gasteiger partial charge in [-0.3, -0.25) is 0 Å². The summed E-state index contributed by atoms with van der Waals surface area (Å²) < 4.78 is 41.5. The standard InChI is InChI=1S/C18H14F3N3S/c19-18(20,21)15-8-4-3-7-14(15)17-23-9-10-24(17)11-12-5-1-2-6-13(12)16(22)25/h1-10H,11H2,(H2,22,25). The van der Waals surface area contributed by atoms with Crippen LogP contribution in [0.5, 0.6) is 0 Å². The maximum Gasteiger partial charge on any atom is 0.417 e. The van der Waals surface area contributed by atoms with Gasteiger partial charge in [0, 0.05) is 30.1 Å². The minimum atomic E-state index is -4.45. The summed E-state index contributed by atoms with van der Waals surface area (Å²) in [7, 11) is 0. The van der Waals surface area contributed by atoms with Crippen LogP contribution in [-0.2, 0) is 12.7 Å². The Kier molecular flexibility index (Phi) is 4.59. The molecule has 0 aliphatic heterocycles. The molecule has 0 unspecified atom stereocenters. The number of hydrogen-bond donors (Lipinski definition) is 1. The first-order valence-electron chi connectivity index (χ1n) is 7.43. The van der Waals surface area contributed by atoms with Gasteiger partial charge in [0.2, 0.25) is 0 Å². The van der Waals surface area contributed by atoms with Crippen molar-refractivity contribution in [3.63, 3.8) is 0 Å². The van der Waals surface area contributed by atoms with E-state index in [0.717, 1.165) is 11.6 Å². The van der Waals surface area contributed by atoms with E-state index in [9.17, 15) is 13.2 Å². The fraction of sp³-hybridized carbons (Fsp3) is 0.111. The normalized spacial score (nSPS) is 11.5. The highest BCUT2D eigenvalue weighted by atomic mass is 32.1. The van der Waals surface area contributed by atoms with Gasteiger partial charge in [0.25, 0.3) is 0 Å². The molecule has 0 fully saturated rings. The molecule has 128 valence electrons. The maximum atomic E-state index is 13.3. The molecule has 0 saturated heterocycles. The third-order valence-electron chi connectivity index (χ3n) is 3.81. The molecule has 0 saturated carbocycles. The van der Waals surface area contributed by atoms with Gasteiger partial charge in [-0.1, -0.05) is 54.7 Å². The summed E-state index contributed by atoms with van der Waals surface area (Å²) in [6.07, 6.45) is -1.34. The Bertz CT molecular complexity index is 916. The number of hydrogen-bond acceptors (Lipinski definition) is 2. The number of alkyl halides is 3. The molecule has 1 heterocycles. The average Bonchev–Trinajstić information content (AvgIpc) is 3.02. The lowest BCUT2D eigenvalue weighted by Gasteiger charge is -2.15. The van der Waals surface area contributed by atoms with E-state index in [1.807, 2.05) is 18.2 Å². The van der Waals surface area contributed by atoms with Crippen molar-refractivity contribution in [2.45, 2.75) is 12.7 Å². The predicted octanol–water partition coefficient (Wildman–Crippen LogP) is 4.25. The van der Waals surface area contributed by atoms with Crippen molar-refractivity contribution in [1.82, 2.24) is 9.55 Å². The van der Waals surface area contributed by atoms with Crippen molar-refractivity contribution < 1.29 is 13.2 Å². The lowest BCUT2D eigenvalue weighted by Crippen LogP contribution is -2.14. The molecule has 0 bridgehead atoms. The van der Waals surface area contributed by atoms with Crippen LogP contribution >= 0.6 is 12.2 Å². The first-order chi connectivity index (χ1) is 11.9. The zero-order valence-electron chi connectivity index (χ0n) is 13.0. The Labute approximate surface area is 147 Å². The van der Waals surface area contributed by atoms with E-state index in [2.05, 4.69) is 4.98 Å². The molecule has 25 heavy (non-hydrogen) atoms. The molecule has 0 aliphatic rings. The minimum absolute atomic E-state index is 0.0350. The Hall–Kier alpha value is -2.67. The fourth-order valence-electron chi connectivity index (χ4n) is 2.69. The summed E-state index contributed by atoms with van der Waals surface area (Å²) >= 11 is 5.05. The Morgan fingerprint density at radius 3 is 2.48 bits per heavy atom. The Morgan fingerprint density at radius 1 is 1.08 bits per heavy atom. The van der Waals surface area contributed by atoms with Gasteiger partial charge in [-0.15, -0.1) is 0 Å². The van der Waals surface area contributed by atoms with E-state index in [4.69, 9.17) is 18.0 Å². The van der Waals surface area contributed by atoms with Crippen LogP contribution in [0.2, 0.25) is 0 Å². The van der Waals surface area contributed by atoms with E-state index < -0.39 is 11.7 Å². The van der Waals surface area contributed by atoms with Crippen molar-refractivity contribution in [3.05, 3.63) is 77.6 Å². The zero-order valence-corrected chi connectivity index (χ0v) is 13.8. The fourth-order valence-corrected chi connectivity index (χ4v) is 2.89. The van der Waals surface area contributed by atoms with Crippen molar-refractivity contribution >= 4 is 17.2 Å². The lowest BCUT2D eigenvalue weighted by molar-refractivity contribution is -0.137. The molecule has 0 aliphatic carbocycles. The maximum absolute atomic E-state index is 13.3. The summed E-state index contributed by atoms with van der Waals surface area (Å²) in [5.74, 6) is 0.241. The molecule has 7 heteroatoms. The first kappa shape index (κ1) is 17.2. The summed E-state index contributed by atoms with van der Waals surface area (Å²) in [4.78, 5) is 4.37. The molecule has 0 radical (unpaired) electrons. The topological polar surface area (TPSA) is 43.8 Å². The third-order valence-corrected chi connectivity index (χ3v) is 4.03. The van der Waals surface area contributed by atoms with Crippen molar-refractivity contribution in [1.29, 1.82) is 0 Å². The number of nitrogens with zero attached hydrogens (tertiary/aromatic N) is 2. The molecule has 0 amide bonds. The van der Waals surface area contributed by atoms with E-state index in [1.54, 1.807) is 22.9 Å². The smallest absolute Gasteiger partial charge is 0.389 e. The van der Waals surface area contributed by atoms with Crippen LogP contribution in [0.1, 0.15) is 16.7 Å². The van der Waals surface area contributed by atoms with E-state index in [0.29, 0.717) is 12.1 Å². The number of halogens is 3. The molecular weight excluding hydrogens is 347 g/mol. The van der Waals surface area contributed by atoms with E-state index in [1.165, 1.54) is 18.3 Å². The molecule has 2 N–H and O–H groups in total. The molecule has 3 nitrogen and oxygen atoms in total. The molecule has 1 aromatic heterocycles. The Morgan fingerprint density at radius 2 is 1.76 bits per heavy atom. The summed E-state index contributed by atoms with van der Waals surface area (Å²) in [5.41, 5.74) is 6.56. The number of aromatic nitrogens is 2. The van der Waals surface area contributed by atoms with Crippen LogP contribution in [0, 0.1) is 0 Å². The highest BCUT2D eigenvalue weighted by Crippen LogP contribution is 2.36. The van der Waals surface area contributed by atoms with Crippen molar-refractivity contribution in [3.8, 4) is 11.4 Å². The number of nitrogens with two attached hydrogens (primary N) is 1. The van der Waals surface area contributed by atoms with Gasteiger partial charge in [-0.2, -0.15) is 13.2 Å². The summed E-state index contributed by atoms with van der Waals surface area (Å²) in [6.45, 7) is 0.315. The van der Waals surface area contributed by atoms with Gasteiger partial charge in [-0.05, 0) is 11.6 Å². The largest absolute Gasteiger partial charge is 0.417 e. The predicted molar refractivity (Wildman–Crippen MR) is 94.1 cm³/mol. The second-order valence-electron chi connectivity index (χ2n) is 5.44. The van der Waals surface area contributed by atoms with Crippen LogP contribution < -0.4 is 5.73 Å². The number of rotatable bonds is 4. The SMILES string of the molecule is NC(=S)c1ccccc1Cn1ccnc1-c1ccccc1C(F)(F)F. The molecule has 3 aromatic rings. The van der Waals surface area contributed by atoms with Gasteiger partial charge in [0.15, 0.2) is 0 Å². The Balaban J connectivity index is 2.06. The molecule has 3 rings (SSSR count). The number of thiocarbonyl (C=S) groups is 1. The van der Waals surface area contributed by atoms with Gasteiger partial charge >= 0.3 is 6.18 Å². The van der Waals surface area contributed by atoms with Crippen LogP contribution in [-0.4, -0.2) is 14.5 Å². The second-order valence-corrected chi connectivity index (χ2v) is 5.88. The summed E-state index contributed by atoms with van der Waals surface area (Å²) in [6, 6.07) is 12.7. The summed E-state index contributed by atoms with van der Waals surface area (Å²) in [5, 5.41) is 0. The van der Waals surface area contributed by atoms with Crippen LogP contribution in [0.4, 0.5) is 13.2 Å². The highest BCUT2D eigenvalue weighted by molar-refractivity contribution is 7.80. The zero-order chi connectivity index (χ0) is 18.0. The second kappa shape index (κ2) is 6.68. The first-order valence-corrected chi connectivity index (χ1v) is 7.84. The van der Waals surface area contributed by atoms with Crippen molar-refractivity contribution in [2.24, 2.45) is 5.73 Å².